The van der Waals surface area contributed by atoms with Crippen LogP contribution in [0.2, 0.25) is 0 Å². The van der Waals surface area contributed by atoms with Gasteiger partial charge in [-0.15, -0.1) is 0 Å². The number of rotatable bonds is 3. The maximum Gasteiger partial charge on any atom is 0.123 e. The molecule has 0 saturated heterocycles. The van der Waals surface area contributed by atoms with Gasteiger partial charge < -0.3 is 15.2 Å². The normalized spacial score (nSPS) is 19.4. The van der Waals surface area contributed by atoms with E-state index in [9.17, 15) is 5.11 Å². The average molecular weight is 207 g/mol. The average Bonchev–Trinajstić information content (AvgIpc) is 2.26. The van der Waals surface area contributed by atoms with Crippen molar-refractivity contribution in [2.24, 2.45) is 0 Å². The third-order valence-corrected chi connectivity index (χ3v) is 2.80. The summed E-state index contributed by atoms with van der Waals surface area (Å²) in [6.07, 6.45) is 1.02. The van der Waals surface area contributed by atoms with Gasteiger partial charge in [-0.25, -0.2) is 0 Å². The second-order valence-corrected chi connectivity index (χ2v) is 3.86. The van der Waals surface area contributed by atoms with Crippen LogP contribution in [0.3, 0.4) is 0 Å². The Morgan fingerprint density at radius 2 is 2.40 bits per heavy atom. The molecule has 0 amide bonds. The number of hydrogen-bond donors (Lipinski definition) is 2. The molecule has 1 unspecified atom stereocenters. The molecular weight excluding hydrogens is 190 g/mol. The SMILES string of the molecule is CCNCC1CCOc2ccc(O)cc21. The minimum atomic E-state index is 0.320. The molecule has 0 saturated carbocycles. The standard InChI is InChI=1S/C12H17NO2/c1-2-13-8-9-5-6-15-12-4-3-10(14)7-11(9)12/h3-4,7,9,13-14H,2,5-6,8H2,1H3. The van der Waals surface area contributed by atoms with Crippen LogP contribution in [0.25, 0.3) is 0 Å². The second-order valence-electron chi connectivity index (χ2n) is 3.86. The van der Waals surface area contributed by atoms with Gasteiger partial charge in [-0.1, -0.05) is 6.92 Å². The molecule has 0 fully saturated rings. The van der Waals surface area contributed by atoms with Crippen molar-refractivity contribution in [2.45, 2.75) is 19.3 Å². The quantitative estimate of drug-likeness (QED) is 0.795. The first kappa shape index (κ1) is 10.3. The monoisotopic (exact) mass is 207 g/mol. The van der Waals surface area contributed by atoms with E-state index in [-0.39, 0.29) is 0 Å². The van der Waals surface area contributed by atoms with Crippen molar-refractivity contribution < 1.29 is 9.84 Å². The van der Waals surface area contributed by atoms with Crippen LogP contribution >= 0.6 is 0 Å². The molecule has 1 aromatic rings. The molecule has 0 radical (unpaired) electrons. The Balaban J connectivity index is 2.20. The lowest BCUT2D eigenvalue weighted by molar-refractivity contribution is 0.264. The first-order valence-corrected chi connectivity index (χ1v) is 5.47. The van der Waals surface area contributed by atoms with Gasteiger partial charge in [0.2, 0.25) is 0 Å². The van der Waals surface area contributed by atoms with Crippen molar-refractivity contribution in [1.82, 2.24) is 5.32 Å². The number of benzene rings is 1. The van der Waals surface area contributed by atoms with Gasteiger partial charge in [-0.2, -0.15) is 0 Å². The Bertz CT molecular complexity index is 338. The predicted octanol–water partition coefficient (Wildman–Crippen LogP) is 1.87. The largest absolute Gasteiger partial charge is 0.508 e. The molecule has 15 heavy (non-hydrogen) atoms. The molecule has 0 aliphatic carbocycles. The van der Waals surface area contributed by atoms with E-state index in [0.29, 0.717) is 11.7 Å². The highest BCUT2D eigenvalue weighted by molar-refractivity contribution is 5.43. The van der Waals surface area contributed by atoms with Crippen LogP contribution in [0.4, 0.5) is 0 Å². The Morgan fingerprint density at radius 1 is 1.53 bits per heavy atom. The number of nitrogens with one attached hydrogen (secondary N) is 1. The van der Waals surface area contributed by atoms with Crippen LogP contribution in [0.1, 0.15) is 24.8 Å². The molecule has 3 heteroatoms. The molecule has 2 rings (SSSR count). The van der Waals surface area contributed by atoms with Crippen LogP contribution in [0.5, 0.6) is 11.5 Å². The first-order valence-electron chi connectivity index (χ1n) is 5.47. The van der Waals surface area contributed by atoms with Gasteiger partial charge >= 0.3 is 0 Å². The summed E-state index contributed by atoms with van der Waals surface area (Å²) in [6.45, 7) is 4.80. The molecule has 2 N–H and O–H groups in total. The van der Waals surface area contributed by atoms with E-state index in [4.69, 9.17) is 4.74 Å². The molecule has 0 spiro atoms. The summed E-state index contributed by atoms with van der Waals surface area (Å²) in [5.41, 5.74) is 1.13. The molecular formula is C12H17NO2. The summed E-state index contributed by atoms with van der Waals surface area (Å²) in [5.74, 6) is 1.70. The van der Waals surface area contributed by atoms with Gasteiger partial charge in [0.1, 0.15) is 11.5 Å². The summed E-state index contributed by atoms with van der Waals surface area (Å²) in [6, 6.07) is 5.34. The van der Waals surface area contributed by atoms with Crippen molar-refractivity contribution >= 4 is 0 Å². The third-order valence-electron chi connectivity index (χ3n) is 2.80. The topological polar surface area (TPSA) is 41.5 Å². The van der Waals surface area contributed by atoms with E-state index in [0.717, 1.165) is 37.4 Å². The minimum absolute atomic E-state index is 0.320. The number of phenols is 1. The van der Waals surface area contributed by atoms with Crippen molar-refractivity contribution in [2.75, 3.05) is 19.7 Å². The van der Waals surface area contributed by atoms with Crippen LogP contribution in [0.15, 0.2) is 18.2 Å². The maximum absolute atomic E-state index is 9.46. The van der Waals surface area contributed by atoms with Gasteiger partial charge in [0.15, 0.2) is 0 Å². The van der Waals surface area contributed by atoms with E-state index in [1.807, 2.05) is 12.1 Å². The van der Waals surface area contributed by atoms with Gasteiger partial charge in [0, 0.05) is 18.0 Å². The fourth-order valence-corrected chi connectivity index (χ4v) is 1.98. The molecule has 1 atom stereocenters. The van der Waals surface area contributed by atoms with Gasteiger partial charge in [-0.3, -0.25) is 0 Å². The number of ether oxygens (including phenoxy) is 1. The van der Waals surface area contributed by atoms with E-state index in [2.05, 4.69) is 12.2 Å². The number of phenolic OH excluding ortho intramolecular Hbond substituents is 1. The highest BCUT2D eigenvalue weighted by Crippen LogP contribution is 2.35. The highest BCUT2D eigenvalue weighted by Gasteiger charge is 2.21. The van der Waals surface area contributed by atoms with E-state index < -0.39 is 0 Å². The third kappa shape index (κ3) is 2.23. The first-order chi connectivity index (χ1) is 7.31. The summed E-state index contributed by atoms with van der Waals surface area (Å²) in [5, 5.41) is 12.8. The fourth-order valence-electron chi connectivity index (χ4n) is 1.98. The summed E-state index contributed by atoms with van der Waals surface area (Å²) >= 11 is 0. The van der Waals surface area contributed by atoms with Crippen molar-refractivity contribution in [1.29, 1.82) is 0 Å². The Morgan fingerprint density at radius 3 is 3.20 bits per heavy atom. The molecule has 82 valence electrons. The maximum atomic E-state index is 9.46. The molecule has 1 heterocycles. The van der Waals surface area contributed by atoms with Crippen molar-refractivity contribution in [3.63, 3.8) is 0 Å². The Labute approximate surface area is 90.1 Å². The lowest BCUT2D eigenvalue weighted by Gasteiger charge is -2.26. The van der Waals surface area contributed by atoms with Gasteiger partial charge in [-0.05, 0) is 31.2 Å². The van der Waals surface area contributed by atoms with E-state index >= 15 is 0 Å². The molecule has 0 aromatic heterocycles. The van der Waals surface area contributed by atoms with Crippen LogP contribution in [0, 0.1) is 0 Å². The van der Waals surface area contributed by atoms with Crippen molar-refractivity contribution in [3.05, 3.63) is 23.8 Å². The lowest BCUT2D eigenvalue weighted by atomic mass is 9.93. The van der Waals surface area contributed by atoms with Gasteiger partial charge in [0.25, 0.3) is 0 Å². The number of fused-ring (bicyclic) bond motifs is 1. The Kier molecular flexibility index (Phi) is 3.11. The number of likely N-dealkylation sites (N-methyl/N-ethyl adjacent to an activating group) is 1. The molecule has 1 aliphatic heterocycles. The summed E-state index contributed by atoms with van der Waals surface area (Å²) in [7, 11) is 0. The number of hydrogen-bond acceptors (Lipinski definition) is 3. The zero-order valence-electron chi connectivity index (χ0n) is 8.99. The van der Waals surface area contributed by atoms with Crippen molar-refractivity contribution in [3.8, 4) is 11.5 Å². The molecule has 1 aromatic carbocycles. The minimum Gasteiger partial charge on any atom is -0.508 e. The fraction of sp³-hybridized carbons (Fsp3) is 0.500. The number of aromatic hydroxyl groups is 1. The zero-order chi connectivity index (χ0) is 10.7. The zero-order valence-corrected chi connectivity index (χ0v) is 8.99. The van der Waals surface area contributed by atoms with Crippen LogP contribution in [-0.2, 0) is 0 Å². The molecule has 1 aliphatic rings. The van der Waals surface area contributed by atoms with Gasteiger partial charge in [0.05, 0.1) is 6.61 Å². The lowest BCUT2D eigenvalue weighted by Crippen LogP contribution is -2.25. The van der Waals surface area contributed by atoms with Crippen LogP contribution < -0.4 is 10.1 Å². The van der Waals surface area contributed by atoms with Crippen LogP contribution in [-0.4, -0.2) is 24.8 Å². The van der Waals surface area contributed by atoms with E-state index in [1.54, 1.807) is 6.07 Å². The van der Waals surface area contributed by atoms with E-state index in [1.165, 1.54) is 0 Å². The highest BCUT2D eigenvalue weighted by atomic mass is 16.5. The second kappa shape index (κ2) is 4.53. The predicted molar refractivity (Wildman–Crippen MR) is 59.5 cm³/mol. The Hall–Kier alpha value is -1.22. The smallest absolute Gasteiger partial charge is 0.123 e. The molecule has 3 nitrogen and oxygen atoms in total. The summed E-state index contributed by atoms with van der Waals surface area (Å²) in [4.78, 5) is 0. The summed E-state index contributed by atoms with van der Waals surface area (Å²) < 4.78 is 5.55. The molecule has 0 bridgehead atoms.